The van der Waals surface area contributed by atoms with Gasteiger partial charge in [-0.15, -0.1) is 11.3 Å². The van der Waals surface area contributed by atoms with Gasteiger partial charge in [-0.05, 0) is 42.3 Å². The third kappa shape index (κ3) is 2.55. The molecule has 0 bridgehead atoms. The first-order valence-corrected chi connectivity index (χ1v) is 7.36. The Kier molecular flexibility index (Phi) is 3.62. The second-order valence-electron chi connectivity index (χ2n) is 4.84. The van der Waals surface area contributed by atoms with Crippen LogP contribution in [0.1, 0.15) is 34.9 Å². The molecule has 4 heteroatoms. The van der Waals surface area contributed by atoms with Gasteiger partial charge in [-0.3, -0.25) is 0 Å². The molecule has 1 atom stereocenters. The van der Waals surface area contributed by atoms with E-state index in [1.165, 1.54) is 10.4 Å². The molecule has 100 valence electrons. The molecule has 1 heterocycles. The number of hydrogen-bond donors (Lipinski definition) is 1. The Bertz CT molecular complexity index is 579. The summed E-state index contributed by atoms with van der Waals surface area (Å²) in [7, 11) is 0. The highest BCUT2D eigenvalue weighted by Gasteiger charge is 2.21. The fourth-order valence-corrected chi connectivity index (χ4v) is 3.60. The smallest absolute Gasteiger partial charge is 0.163 e. The highest BCUT2D eigenvalue weighted by atomic mass is 32.1. The van der Waals surface area contributed by atoms with Gasteiger partial charge in [0.1, 0.15) is 0 Å². The standard InChI is InChI=1S/C15H15F2NS/c16-12-4-1-3-10(15(12)17)9-18-13-5-2-6-14-11(13)7-8-19-14/h1,3-4,7-8,13,18H,2,5-6,9H2. The van der Waals surface area contributed by atoms with Crippen LogP contribution < -0.4 is 5.32 Å². The third-order valence-corrected chi connectivity index (χ3v) is 4.62. The Balaban J connectivity index is 1.73. The molecule has 1 unspecified atom stereocenters. The van der Waals surface area contributed by atoms with Gasteiger partial charge in [0.25, 0.3) is 0 Å². The fraction of sp³-hybridized carbons (Fsp3) is 0.333. The molecule has 2 aromatic rings. The maximum absolute atomic E-state index is 13.6. The summed E-state index contributed by atoms with van der Waals surface area (Å²) in [6, 6.07) is 6.72. The average molecular weight is 279 g/mol. The lowest BCUT2D eigenvalue weighted by atomic mass is 9.94. The second-order valence-corrected chi connectivity index (χ2v) is 5.84. The second kappa shape index (κ2) is 5.39. The SMILES string of the molecule is Fc1cccc(CNC2CCCc3sccc32)c1F. The molecule has 1 N–H and O–H groups in total. The van der Waals surface area contributed by atoms with Crippen LogP contribution in [-0.2, 0) is 13.0 Å². The molecular formula is C15H15F2NS. The number of fused-ring (bicyclic) bond motifs is 1. The Morgan fingerprint density at radius 1 is 1.26 bits per heavy atom. The van der Waals surface area contributed by atoms with Gasteiger partial charge >= 0.3 is 0 Å². The average Bonchev–Trinajstić information content (AvgIpc) is 2.89. The zero-order chi connectivity index (χ0) is 13.2. The molecule has 0 amide bonds. The van der Waals surface area contributed by atoms with Crippen molar-refractivity contribution in [1.82, 2.24) is 5.32 Å². The normalized spacial score (nSPS) is 18.3. The number of benzene rings is 1. The summed E-state index contributed by atoms with van der Waals surface area (Å²) >= 11 is 1.78. The molecule has 0 saturated carbocycles. The Morgan fingerprint density at radius 3 is 3.05 bits per heavy atom. The summed E-state index contributed by atoms with van der Waals surface area (Å²) < 4.78 is 26.7. The predicted octanol–water partition coefficient (Wildman–Crippen LogP) is 4.19. The van der Waals surface area contributed by atoms with Gasteiger partial charge in [0.05, 0.1) is 0 Å². The van der Waals surface area contributed by atoms with Crippen molar-refractivity contribution in [3.05, 3.63) is 57.3 Å². The van der Waals surface area contributed by atoms with Gasteiger partial charge in [0.15, 0.2) is 11.6 Å². The Labute approximate surface area is 115 Å². The highest BCUT2D eigenvalue weighted by Crippen LogP contribution is 2.33. The molecule has 0 saturated heterocycles. The number of rotatable bonds is 3. The Morgan fingerprint density at radius 2 is 2.16 bits per heavy atom. The van der Waals surface area contributed by atoms with Crippen LogP contribution in [0.4, 0.5) is 8.78 Å². The van der Waals surface area contributed by atoms with Gasteiger partial charge in [0.2, 0.25) is 0 Å². The molecule has 0 fully saturated rings. The number of thiophene rings is 1. The summed E-state index contributed by atoms with van der Waals surface area (Å²) in [4.78, 5) is 1.42. The molecule has 1 nitrogen and oxygen atoms in total. The van der Waals surface area contributed by atoms with Gasteiger partial charge in [0, 0.05) is 23.0 Å². The van der Waals surface area contributed by atoms with Crippen LogP contribution in [0.3, 0.4) is 0 Å². The van der Waals surface area contributed by atoms with E-state index in [1.54, 1.807) is 23.5 Å². The summed E-state index contributed by atoms with van der Waals surface area (Å²) in [5.41, 5.74) is 1.72. The van der Waals surface area contributed by atoms with Crippen LogP contribution in [0.25, 0.3) is 0 Å². The van der Waals surface area contributed by atoms with Crippen LogP contribution >= 0.6 is 11.3 Å². The van der Waals surface area contributed by atoms with Crippen LogP contribution in [-0.4, -0.2) is 0 Å². The zero-order valence-electron chi connectivity index (χ0n) is 10.5. The van der Waals surface area contributed by atoms with E-state index in [0.29, 0.717) is 12.1 Å². The molecule has 1 aromatic carbocycles. The van der Waals surface area contributed by atoms with E-state index in [-0.39, 0.29) is 6.04 Å². The topological polar surface area (TPSA) is 12.0 Å². The van der Waals surface area contributed by atoms with Gasteiger partial charge in [-0.1, -0.05) is 12.1 Å². The minimum absolute atomic E-state index is 0.262. The lowest BCUT2D eigenvalue weighted by Crippen LogP contribution is -2.24. The van der Waals surface area contributed by atoms with E-state index in [0.717, 1.165) is 25.3 Å². The van der Waals surface area contributed by atoms with E-state index in [9.17, 15) is 8.78 Å². The van der Waals surface area contributed by atoms with Crippen molar-refractivity contribution in [3.8, 4) is 0 Å². The van der Waals surface area contributed by atoms with E-state index in [4.69, 9.17) is 0 Å². The summed E-state index contributed by atoms with van der Waals surface area (Å²) in [6.45, 7) is 0.365. The maximum Gasteiger partial charge on any atom is 0.163 e. The number of aryl methyl sites for hydroxylation is 1. The van der Waals surface area contributed by atoms with Gasteiger partial charge in [-0.25, -0.2) is 8.78 Å². The number of hydrogen-bond acceptors (Lipinski definition) is 2. The molecule has 0 radical (unpaired) electrons. The van der Waals surface area contributed by atoms with E-state index >= 15 is 0 Å². The molecule has 1 aliphatic rings. The van der Waals surface area contributed by atoms with Gasteiger partial charge in [-0.2, -0.15) is 0 Å². The summed E-state index contributed by atoms with van der Waals surface area (Å²) in [5.74, 6) is -1.52. The molecule has 0 aliphatic heterocycles. The molecule has 1 aromatic heterocycles. The predicted molar refractivity (Wildman–Crippen MR) is 73.2 cm³/mol. The molecule has 0 spiro atoms. The minimum atomic E-state index is -0.779. The molecule has 19 heavy (non-hydrogen) atoms. The monoisotopic (exact) mass is 279 g/mol. The zero-order valence-corrected chi connectivity index (χ0v) is 11.3. The first kappa shape index (κ1) is 12.8. The van der Waals surface area contributed by atoms with Crippen LogP contribution in [0, 0.1) is 11.6 Å². The van der Waals surface area contributed by atoms with Crippen molar-refractivity contribution in [2.45, 2.75) is 31.8 Å². The van der Waals surface area contributed by atoms with Crippen LogP contribution in [0.2, 0.25) is 0 Å². The maximum atomic E-state index is 13.6. The van der Waals surface area contributed by atoms with Crippen molar-refractivity contribution in [2.75, 3.05) is 0 Å². The molecular weight excluding hydrogens is 264 g/mol. The van der Waals surface area contributed by atoms with Crippen LogP contribution in [0.5, 0.6) is 0 Å². The third-order valence-electron chi connectivity index (χ3n) is 3.62. The van der Waals surface area contributed by atoms with Crippen molar-refractivity contribution >= 4 is 11.3 Å². The summed E-state index contributed by atoms with van der Waals surface area (Å²) in [5, 5.41) is 5.45. The van der Waals surface area contributed by atoms with E-state index in [2.05, 4.69) is 16.8 Å². The van der Waals surface area contributed by atoms with Crippen molar-refractivity contribution < 1.29 is 8.78 Å². The fourth-order valence-electron chi connectivity index (χ4n) is 2.62. The lowest BCUT2D eigenvalue weighted by molar-refractivity contribution is 0.446. The van der Waals surface area contributed by atoms with Crippen LogP contribution in [0.15, 0.2) is 29.6 Å². The molecule has 1 aliphatic carbocycles. The first-order chi connectivity index (χ1) is 9.25. The lowest BCUT2D eigenvalue weighted by Gasteiger charge is -2.24. The van der Waals surface area contributed by atoms with Crippen molar-refractivity contribution in [2.24, 2.45) is 0 Å². The van der Waals surface area contributed by atoms with E-state index < -0.39 is 11.6 Å². The largest absolute Gasteiger partial charge is 0.306 e. The van der Waals surface area contributed by atoms with Crippen molar-refractivity contribution in [1.29, 1.82) is 0 Å². The van der Waals surface area contributed by atoms with Crippen molar-refractivity contribution in [3.63, 3.8) is 0 Å². The minimum Gasteiger partial charge on any atom is -0.306 e. The number of halogens is 2. The highest BCUT2D eigenvalue weighted by molar-refractivity contribution is 7.10. The number of nitrogens with one attached hydrogen (secondary N) is 1. The molecule has 3 rings (SSSR count). The summed E-state index contributed by atoms with van der Waals surface area (Å²) in [6.07, 6.45) is 3.34. The Hall–Kier alpha value is -1.26. The van der Waals surface area contributed by atoms with Gasteiger partial charge < -0.3 is 5.32 Å². The quantitative estimate of drug-likeness (QED) is 0.888. The first-order valence-electron chi connectivity index (χ1n) is 6.48. The van der Waals surface area contributed by atoms with E-state index in [1.807, 2.05) is 0 Å².